The van der Waals surface area contributed by atoms with E-state index in [4.69, 9.17) is 13.9 Å². The number of rotatable bonds is 7. The smallest absolute Gasteiger partial charge is 0.224 e. The van der Waals surface area contributed by atoms with Gasteiger partial charge in [0, 0.05) is 12.3 Å². The summed E-state index contributed by atoms with van der Waals surface area (Å²) in [5.74, 6) is 3.35. The van der Waals surface area contributed by atoms with E-state index in [2.05, 4.69) is 20.6 Å². The Morgan fingerprint density at radius 3 is 2.79 bits per heavy atom. The molecule has 0 radical (unpaired) electrons. The molecule has 3 rings (SSSR count). The molecule has 0 atom stereocenters. The summed E-state index contributed by atoms with van der Waals surface area (Å²) in [7, 11) is 3.22. The van der Waals surface area contributed by atoms with Crippen LogP contribution in [0.1, 0.15) is 5.76 Å². The van der Waals surface area contributed by atoms with E-state index in [-0.39, 0.29) is 0 Å². The lowest BCUT2D eigenvalue weighted by atomic mass is 10.2. The first-order chi connectivity index (χ1) is 11.8. The number of hydrogen-bond donors (Lipinski definition) is 2. The van der Waals surface area contributed by atoms with Gasteiger partial charge in [-0.2, -0.15) is 4.98 Å². The molecular formula is C17H18N4O3. The van der Waals surface area contributed by atoms with Crippen molar-refractivity contribution in [1.82, 2.24) is 9.97 Å². The molecule has 0 fully saturated rings. The van der Waals surface area contributed by atoms with Crippen LogP contribution in [0.25, 0.3) is 0 Å². The number of nitrogens with zero attached hydrogens (tertiary/aromatic N) is 2. The Balaban J connectivity index is 1.72. The maximum absolute atomic E-state index is 5.37. The molecular weight excluding hydrogens is 308 g/mol. The van der Waals surface area contributed by atoms with Crippen LogP contribution in [0, 0.1) is 0 Å². The second-order valence-corrected chi connectivity index (χ2v) is 4.89. The van der Waals surface area contributed by atoms with Gasteiger partial charge in [-0.3, -0.25) is 0 Å². The van der Waals surface area contributed by atoms with Crippen molar-refractivity contribution in [3.05, 3.63) is 54.6 Å². The number of aromatic nitrogens is 2. The van der Waals surface area contributed by atoms with Gasteiger partial charge in [-0.1, -0.05) is 0 Å². The molecule has 7 heteroatoms. The van der Waals surface area contributed by atoms with Gasteiger partial charge in [0.25, 0.3) is 0 Å². The largest absolute Gasteiger partial charge is 0.497 e. The van der Waals surface area contributed by atoms with E-state index in [9.17, 15) is 0 Å². The minimum atomic E-state index is 0.504. The number of hydrogen-bond acceptors (Lipinski definition) is 7. The Bertz CT molecular complexity index is 790. The van der Waals surface area contributed by atoms with Gasteiger partial charge in [-0.15, -0.1) is 0 Å². The predicted octanol–water partition coefficient (Wildman–Crippen LogP) is 3.44. The zero-order chi connectivity index (χ0) is 16.8. The summed E-state index contributed by atoms with van der Waals surface area (Å²) in [4.78, 5) is 8.62. The molecule has 0 spiro atoms. The first-order valence-corrected chi connectivity index (χ1v) is 7.37. The molecule has 0 aliphatic heterocycles. The first-order valence-electron chi connectivity index (χ1n) is 7.37. The molecule has 7 nitrogen and oxygen atoms in total. The standard InChI is InChI=1S/C17H18N4O3/c1-22-12-5-6-14(15(10-12)23-2)20-16-7-8-18-17(21-16)19-11-13-4-3-9-24-13/h3-10H,11H2,1-2H3,(H2,18,19,20,21). The quantitative estimate of drug-likeness (QED) is 0.688. The Morgan fingerprint density at radius 1 is 1.12 bits per heavy atom. The summed E-state index contributed by atoms with van der Waals surface area (Å²) in [6.45, 7) is 0.516. The van der Waals surface area contributed by atoms with Crippen molar-refractivity contribution >= 4 is 17.5 Å². The molecule has 124 valence electrons. The molecule has 2 heterocycles. The average Bonchev–Trinajstić information content (AvgIpc) is 3.14. The molecule has 0 unspecified atom stereocenters. The van der Waals surface area contributed by atoms with Crippen LogP contribution in [-0.4, -0.2) is 24.2 Å². The van der Waals surface area contributed by atoms with Gasteiger partial charge < -0.3 is 24.5 Å². The fourth-order valence-electron chi connectivity index (χ4n) is 2.13. The Kier molecular flexibility index (Phi) is 4.81. The number of benzene rings is 1. The van der Waals surface area contributed by atoms with Gasteiger partial charge in [0.15, 0.2) is 0 Å². The maximum atomic E-state index is 5.37. The first kappa shape index (κ1) is 15.7. The van der Waals surface area contributed by atoms with Crippen molar-refractivity contribution < 1.29 is 13.9 Å². The molecule has 0 aliphatic rings. The van der Waals surface area contributed by atoms with Gasteiger partial charge in [0.1, 0.15) is 23.1 Å². The third-order valence-electron chi connectivity index (χ3n) is 3.33. The van der Waals surface area contributed by atoms with E-state index in [1.54, 1.807) is 38.8 Å². The minimum Gasteiger partial charge on any atom is -0.497 e. The van der Waals surface area contributed by atoms with Gasteiger partial charge in [0.05, 0.1) is 32.7 Å². The maximum Gasteiger partial charge on any atom is 0.224 e. The molecule has 1 aromatic carbocycles. The molecule has 0 saturated heterocycles. The summed E-state index contributed by atoms with van der Waals surface area (Å²) in [6.07, 6.45) is 3.31. The Hall–Kier alpha value is -3.22. The number of methoxy groups -OCH3 is 2. The number of anilines is 3. The zero-order valence-electron chi connectivity index (χ0n) is 13.4. The van der Waals surface area contributed by atoms with Gasteiger partial charge in [-0.25, -0.2) is 4.98 Å². The lowest BCUT2D eigenvalue weighted by Crippen LogP contribution is -2.04. The van der Waals surface area contributed by atoms with E-state index in [1.807, 2.05) is 24.3 Å². The molecule has 0 bridgehead atoms. The number of furan rings is 1. The van der Waals surface area contributed by atoms with E-state index in [1.165, 1.54) is 0 Å². The Labute approximate surface area is 139 Å². The molecule has 24 heavy (non-hydrogen) atoms. The van der Waals surface area contributed by atoms with Crippen molar-refractivity contribution in [1.29, 1.82) is 0 Å². The summed E-state index contributed by atoms with van der Waals surface area (Å²) in [6, 6.07) is 11.0. The van der Waals surface area contributed by atoms with Crippen LogP contribution >= 0.6 is 0 Å². The molecule has 0 saturated carbocycles. The van der Waals surface area contributed by atoms with Crippen LogP contribution in [0.5, 0.6) is 11.5 Å². The molecule has 0 amide bonds. The lowest BCUT2D eigenvalue weighted by Gasteiger charge is -2.12. The van der Waals surface area contributed by atoms with Crippen molar-refractivity contribution in [3.63, 3.8) is 0 Å². The molecule has 2 aromatic heterocycles. The van der Waals surface area contributed by atoms with E-state index < -0.39 is 0 Å². The van der Waals surface area contributed by atoms with Crippen LogP contribution in [-0.2, 0) is 6.54 Å². The van der Waals surface area contributed by atoms with E-state index in [0.717, 1.165) is 17.2 Å². The van der Waals surface area contributed by atoms with Gasteiger partial charge >= 0.3 is 0 Å². The third-order valence-corrected chi connectivity index (χ3v) is 3.33. The summed E-state index contributed by atoms with van der Waals surface area (Å²) in [5, 5.41) is 6.33. The molecule has 3 aromatic rings. The van der Waals surface area contributed by atoms with Gasteiger partial charge in [0.2, 0.25) is 5.95 Å². The third kappa shape index (κ3) is 3.75. The summed E-state index contributed by atoms with van der Waals surface area (Å²) in [5.41, 5.74) is 0.786. The molecule has 2 N–H and O–H groups in total. The van der Waals surface area contributed by atoms with Crippen molar-refractivity contribution in [2.75, 3.05) is 24.9 Å². The Morgan fingerprint density at radius 2 is 2.04 bits per heavy atom. The topological polar surface area (TPSA) is 81.4 Å². The summed E-state index contributed by atoms with van der Waals surface area (Å²) >= 11 is 0. The highest BCUT2D eigenvalue weighted by atomic mass is 16.5. The van der Waals surface area contributed by atoms with Crippen LogP contribution in [0.15, 0.2) is 53.3 Å². The second-order valence-electron chi connectivity index (χ2n) is 4.89. The molecule has 0 aliphatic carbocycles. The van der Waals surface area contributed by atoms with E-state index >= 15 is 0 Å². The highest BCUT2D eigenvalue weighted by Gasteiger charge is 2.07. The SMILES string of the molecule is COc1ccc(Nc2ccnc(NCc3ccco3)n2)c(OC)c1. The van der Waals surface area contributed by atoms with Crippen LogP contribution < -0.4 is 20.1 Å². The van der Waals surface area contributed by atoms with Crippen LogP contribution in [0.2, 0.25) is 0 Å². The fourth-order valence-corrected chi connectivity index (χ4v) is 2.13. The second kappa shape index (κ2) is 7.36. The highest BCUT2D eigenvalue weighted by molar-refractivity contribution is 5.66. The van der Waals surface area contributed by atoms with Crippen molar-refractivity contribution in [2.45, 2.75) is 6.54 Å². The lowest BCUT2D eigenvalue weighted by molar-refractivity contribution is 0.395. The fraction of sp³-hybridized carbons (Fsp3) is 0.176. The van der Waals surface area contributed by atoms with Crippen molar-refractivity contribution in [3.8, 4) is 11.5 Å². The van der Waals surface area contributed by atoms with Crippen LogP contribution in [0.3, 0.4) is 0 Å². The highest BCUT2D eigenvalue weighted by Crippen LogP contribution is 2.31. The monoisotopic (exact) mass is 326 g/mol. The van der Waals surface area contributed by atoms with Crippen molar-refractivity contribution in [2.24, 2.45) is 0 Å². The number of ether oxygens (including phenoxy) is 2. The van der Waals surface area contributed by atoms with E-state index in [0.29, 0.717) is 24.1 Å². The van der Waals surface area contributed by atoms with Gasteiger partial charge in [-0.05, 0) is 30.3 Å². The summed E-state index contributed by atoms with van der Waals surface area (Å²) < 4.78 is 15.8. The average molecular weight is 326 g/mol. The zero-order valence-corrected chi connectivity index (χ0v) is 13.4. The normalized spacial score (nSPS) is 10.2. The predicted molar refractivity (Wildman–Crippen MR) is 90.9 cm³/mol. The number of nitrogens with one attached hydrogen (secondary N) is 2. The minimum absolute atomic E-state index is 0.504. The van der Waals surface area contributed by atoms with Crippen LogP contribution in [0.4, 0.5) is 17.5 Å².